The molecular formula is C20H26N4O2. The van der Waals surface area contributed by atoms with Gasteiger partial charge in [0.15, 0.2) is 5.96 Å². The molecule has 0 aliphatic carbocycles. The molecule has 0 fully saturated rings. The third kappa shape index (κ3) is 6.22. The van der Waals surface area contributed by atoms with Crippen LogP contribution in [-0.2, 0) is 6.54 Å². The van der Waals surface area contributed by atoms with Crippen molar-refractivity contribution in [1.29, 1.82) is 0 Å². The van der Waals surface area contributed by atoms with Crippen LogP contribution in [0, 0.1) is 0 Å². The fraction of sp³-hybridized carbons (Fsp3) is 0.300. The molecule has 6 nitrogen and oxygen atoms in total. The van der Waals surface area contributed by atoms with Crippen molar-refractivity contribution in [3.05, 3.63) is 72.6 Å². The summed E-state index contributed by atoms with van der Waals surface area (Å²) in [6.45, 7) is 7.67. The maximum Gasteiger partial charge on any atom is 0.191 e. The molecule has 1 unspecified atom stereocenters. The Hall–Kier alpha value is -2.86. The van der Waals surface area contributed by atoms with Gasteiger partial charge in [-0.05, 0) is 30.7 Å². The highest BCUT2D eigenvalue weighted by Gasteiger charge is 2.08. The van der Waals surface area contributed by atoms with Crippen LogP contribution in [0.15, 0.2) is 66.4 Å². The minimum absolute atomic E-state index is 0.352. The standard InChI is InChI=1S/C20H26N4O2/c1-3-13-26-19-8-6-5-7-17(19)14-23-20(22-4-2)24-15-18(25)16-9-11-21-12-10-16/h3,5-12,18,25H,1,4,13-15H2,2H3,(H2,22,23,24). The van der Waals surface area contributed by atoms with Crippen LogP contribution in [0.4, 0.5) is 0 Å². The lowest BCUT2D eigenvalue weighted by atomic mass is 10.1. The number of aromatic nitrogens is 1. The Kier molecular flexibility index (Phi) is 8.15. The van der Waals surface area contributed by atoms with E-state index in [1.165, 1.54) is 0 Å². The van der Waals surface area contributed by atoms with E-state index in [0.717, 1.165) is 23.4 Å². The summed E-state index contributed by atoms with van der Waals surface area (Å²) >= 11 is 0. The highest BCUT2D eigenvalue weighted by molar-refractivity contribution is 5.79. The van der Waals surface area contributed by atoms with Gasteiger partial charge in [-0.2, -0.15) is 0 Å². The Morgan fingerprint density at radius 2 is 2.04 bits per heavy atom. The molecule has 0 aliphatic heterocycles. The first kappa shape index (κ1) is 19.5. The van der Waals surface area contributed by atoms with Crippen LogP contribution in [0.1, 0.15) is 24.2 Å². The van der Waals surface area contributed by atoms with Crippen LogP contribution in [0.2, 0.25) is 0 Å². The number of benzene rings is 1. The van der Waals surface area contributed by atoms with Crippen LogP contribution in [0.25, 0.3) is 0 Å². The number of nitrogens with one attached hydrogen (secondary N) is 2. The molecule has 0 spiro atoms. The smallest absolute Gasteiger partial charge is 0.191 e. The van der Waals surface area contributed by atoms with Crippen molar-refractivity contribution >= 4 is 5.96 Å². The molecular weight excluding hydrogens is 328 g/mol. The molecule has 26 heavy (non-hydrogen) atoms. The van der Waals surface area contributed by atoms with Gasteiger partial charge in [-0.3, -0.25) is 4.98 Å². The van der Waals surface area contributed by atoms with Gasteiger partial charge in [0.25, 0.3) is 0 Å². The lowest BCUT2D eigenvalue weighted by Crippen LogP contribution is -2.39. The number of guanidine groups is 1. The van der Waals surface area contributed by atoms with E-state index in [1.54, 1.807) is 30.6 Å². The molecule has 1 aromatic carbocycles. The molecule has 0 bridgehead atoms. The molecule has 0 amide bonds. The van der Waals surface area contributed by atoms with Gasteiger partial charge in [-0.1, -0.05) is 30.9 Å². The second kappa shape index (κ2) is 10.9. The molecule has 6 heteroatoms. The van der Waals surface area contributed by atoms with Crippen molar-refractivity contribution in [1.82, 2.24) is 15.6 Å². The molecule has 138 valence electrons. The van der Waals surface area contributed by atoms with Crippen molar-refractivity contribution in [2.75, 3.05) is 19.7 Å². The van der Waals surface area contributed by atoms with E-state index in [0.29, 0.717) is 25.7 Å². The molecule has 2 aromatic rings. The van der Waals surface area contributed by atoms with E-state index in [1.807, 2.05) is 31.2 Å². The number of ether oxygens (including phenoxy) is 1. The summed E-state index contributed by atoms with van der Waals surface area (Å²) in [6, 6.07) is 11.4. The highest BCUT2D eigenvalue weighted by Crippen LogP contribution is 2.18. The lowest BCUT2D eigenvalue weighted by Gasteiger charge is -2.16. The van der Waals surface area contributed by atoms with Gasteiger partial charge in [0, 0.05) is 31.0 Å². The number of aliphatic imine (C=N–C) groups is 1. The normalized spacial score (nSPS) is 12.3. The zero-order valence-electron chi connectivity index (χ0n) is 15.1. The number of pyridine rings is 1. The first-order chi connectivity index (χ1) is 12.7. The van der Waals surface area contributed by atoms with Crippen LogP contribution >= 0.6 is 0 Å². The van der Waals surface area contributed by atoms with E-state index in [9.17, 15) is 5.11 Å². The van der Waals surface area contributed by atoms with Gasteiger partial charge < -0.3 is 20.5 Å². The third-order valence-corrected chi connectivity index (χ3v) is 3.63. The fourth-order valence-electron chi connectivity index (χ4n) is 2.33. The number of para-hydroxylation sites is 1. The second-order valence-electron chi connectivity index (χ2n) is 5.58. The second-order valence-corrected chi connectivity index (χ2v) is 5.58. The Morgan fingerprint density at radius 3 is 2.77 bits per heavy atom. The van der Waals surface area contributed by atoms with E-state index < -0.39 is 6.10 Å². The fourth-order valence-corrected chi connectivity index (χ4v) is 2.33. The number of nitrogens with zero attached hydrogens (tertiary/aromatic N) is 2. The zero-order valence-corrected chi connectivity index (χ0v) is 15.1. The van der Waals surface area contributed by atoms with Gasteiger partial charge in [0.1, 0.15) is 12.4 Å². The molecule has 2 rings (SSSR count). The highest BCUT2D eigenvalue weighted by atomic mass is 16.5. The number of hydrogen-bond donors (Lipinski definition) is 3. The quantitative estimate of drug-likeness (QED) is 0.366. The minimum atomic E-state index is -0.634. The SMILES string of the molecule is C=CCOc1ccccc1CN=C(NCC)NCC(O)c1ccncc1. The van der Waals surface area contributed by atoms with Gasteiger partial charge in [-0.15, -0.1) is 0 Å². The monoisotopic (exact) mass is 354 g/mol. The van der Waals surface area contributed by atoms with Crippen molar-refractivity contribution in [3.8, 4) is 5.75 Å². The van der Waals surface area contributed by atoms with Gasteiger partial charge in [-0.25, -0.2) is 4.99 Å². The largest absolute Gasteiger partial charge is 0.489 e. The topological polar surface area (TPSA) is 78.8 Å². The molecule has 0 saturated carbocycles. The lowest BCUT2D eigenvalue weighted by molar-refractivity contribution is 0.180. The Balaban J connectivity index is 1.99. The van der Waals surface area contributed by atoms with E-state index >= 15 is 0 Å². The van der Waals surface area contributed by atoms with Gasteiger partial charge in [0.2, 0.25) is 0 Å². The summed E-state index contributed by atoms with van der Waals surface area (Å²) in [5.74, 6) is 1.43. The first-order valence-electron chi connectivity index (χ1n) is 8.66. The minimum Gasteiger partial charge on any atom is -0.489 e. The van der Waals surface area contributed by atoms with Gasteiger partial charge >= 0.3 is 0 Å². The van der Waals surface area contributed by atoms with Crippen LogP contribution in [0.3, 0.4) is 0 Å². The first-order valence-corrected chi connectivity index (χ1v) is 8.66. The number of aliphatic hydroxyl groups is 1. The van der Waals surface area contributed by atoms with E-state index in [4.69, 9.17) is 4.74 Å². The van der Waals surface area contributed by atoms with Crippen molar-refractivity contribution in [2.24, 2.45) is 4.99 Å². The third-order valence-electron chi connectivity index (χ3n) is 3.63. The van der Waals surface area contributed by atoms with E-state index in [-0.39, 0.29) is 0 Å². The predicted molar refractivity (Wildman–Crippen MR) is 104 cm³/mol. The van der Waals surface area contributed by atoms with Crippen molar-refractivity contribution in [3.63, 3.8) is 0 Å². The number of hydrogen-bond acceptors (Lipinski definition) is 4. The number of rotatable bonds is 9. The summed E-state index contributed by atoms with van der Waals surface area (Å²) in [5, 5.41) is 16.6. The Morgan fingerprint density at radius 1 is 1.27 bits per heavy atom. The summed E-state index contributed by atoms with van der Waals surface area (Å²) < 4.78 is 5.66. The summed E-state index contributed by atoms with van der Waals surface area (Å²) in [7, 11) is 0. The average molecular weight is 354 g/mol. The van der Waals surface area contributed by atoms with Crippen LogP contribution in [0.5, 0.6) is 5.75 Å². The maximum atomic E-state index is 10.3. The molecule has 0 radical (unpaired) electrons. The summed E-state index contributed by atoms with van der Waals surface area (Å²) in [4.78, 5) is 8.54. The predicted octanol–water partition coefficient (Wildman–Crippen LogP) is 2.44. The molecule has 0 saturated heterocycles. The molecule has 1 atom stereocenters. The zero-order chi connectivity index (χ0) is 18.6. The molecule has 1 heterocycles. The maximum absolute atomic E-state index is 10.3. The average Bonchev–Trinajstić information content (AvgIpc) is 2.69. The van der Waals surface area contributed by atoms with Crippen LogP contribution in [-0.4, -0.2) is 35.7 Å². The number of aliphatic hydroxyl groups excluding tert-OH is 1. The molecule has 0 aliphatic rings. The van der Waals surface area contributed by atoms with Gasteiger partial charge in [0.05, 0.1) is 12.6 Å². The van der Waals surface area contributed by atoms with Crippen molar-refractivity contribution in [2.45, 2.75) is 19.6 Å². The summed E-state index contributed by atoms with van der Waals surface area (Å²) in [6.07, 6.45) is 4.41. The molecule has 1 aromatic heterocycles. The Labute approximate surface area is 154 Å². The Bertz CT molecular complexity index is 704. The van der Waals surface area contributed by atoms with Crippen molar-refractivity contribution < 1.29 is 9.84 Å². The molecule has 3 N–H and O–H groups in total. The van der Waals surface area contributed by atoms with Crippen LogP contribution < -0.4 is 15.4 Å². The summed E-state index contributed by atoms with van der Waals surface area (Å²) in [5.41, 5.74) is 1.80. The van der Waals surface area contributed by atoms with E-state index in [2.05, 4.69) is 27.2 Å².